The first kappa shape index (κ1) is 15.1. The first-order valence-corrected chi connectivity index (χ1v) is 8.95. The Labute approximate surface area is 139 Å². The minimum atomic E-state index is 0. The predicted octanol–water partition coefficient (Wildman–Crippen LogP) is 2.10. The molecule has 122 valence electrons. The van der Waals surface area contributed by atoms with Gasteiger partial charge in [-0.1, -0.05) is 46.8 Å². The number of piperidine rings is 3. The number of ether oxygens (including phenoxy) is 1. The number of hydrogen-bond donors (Lipinski definition) is 0. The Hall–Kier alpha value is -1.50. The molecule has 6 heteroatoms. The van der Waals surface area contributed by atoms with Crippen molar-refractivity contribution in [1.82, 2.24) is 15.1 Å². The van der Waals surface area contributed by atoms with Crippen LogP contribution in [0.25, 0.3) is 10.6 Å². The first-order chi connectivity index (χ1) is 10.8. The quantitative estimate of drug-likeness (QED) is 0.863. The van der Waals surface area contributed by atoms with Crippen LogP contribution in [-0.4, -0.2) is 46.3 Å². The maximum Gasteiger partial charge on any atom is 0.294 e. The van der Waals surface area contributed by atoms with E-state index in [0.717, 1.165) is 21.7 Å². The molecule has 2 N–H and O–H groups in total. The smallest absolute Gasteiger partial charge is 0.294 e. The van der Waals surface area contributed by atoms with E-state index in [-0.39, 0.29) is 5.48 Å². The highest BCUT2D eigenvalue weighted by Crippen LogP contribution is 2.45. The Morgan fingerprint density at radius 2 is 1.74 bits per heavy atom. The molecule has 1 aromatic heterocycles. The molecule has 6 rings (SSSR count). The summed E-state index contributed by atoms with van der Waals surface area (Å²) in [5.74, 6) is 2.29. The third-order valence-electron chi connectivity index (χ3n) is 5.37. The number of nitrogens with zero attached hydrogens (tertiary/aromatic N) is 3. The van der Waals surface area contributed by atoms with Gasteiger partial charge in [-0.25, -0.2) is 0 Å². The zero-order valence-corrected chi connectivity index (χ0v) is 13.7. The maximum absolute atomic E-state index is 6.31. The van der Waals surface area contributed by atoms with Crippen LogP contribution in [0.2, 0.25) is 0 Å². The molecule has 3 saturated heterocycles. The van der Waals surface area contributed by atoms with Gasteiger partial charge in [0, 0.05) is 37.0 Å². The standard InChI is InChI=1S/C17H19N3OS.H2O/c1-2-4-12(5-3-1)16-18-19-17(22-16)21-15-13-6-11-7-14(15)10-20(8-11)9-13;/h1-5,11,13-15H,6-10H2;1H2/t11?,13-,14-,15?;/m0./s1. The zero-order valence-electron chi connectivity index (χ0n) is 12.9. The van der Waals surface area contributed by atoms with Gasteiger partial charge in [0.2, 0.25) is 0 Å². The molecular formula is C17H21N3O2S. The van der Waals surface area contributed by atoms with Gasteiger partial charge in [0.25, 0.3) is 5.19 Å². The Kier molecular flexibility index (Phi) is 3.83. The molecular weight excluding hydrogens is 310 g/mol. The summed E-state index contributed by atoms with van der Waals surface area (Å²) in [4.78, 5) is 2.63. The minimum absolute atomic E-state index is 0. The molecule has 2 aromatic rings. The lowest BCUT2D eigenvalue weighted by molar-refractivity contribution is -0.0986. The van der Waals surface area contributed by atoms with Crippen molar-refractivity contribution in [2.75, 3.05) is 19.6 Å². The van der Waals surface area contributed by atoms with Crippen molar-refractivity contribution in [1.29, 1.82) is 0 Å². The molecule has 4 heterocycles. The molecule has 3 aliphatic heterocycles. The largest absolute Gasteiger partial charge is 0.465 e. The van der Waals surface area contributed by atoms with Crippen LogP contribution in [-0.2, 0) is 0 Å². The van der Waals surface area contributed by atoms with E-state index in [1.165, 1.54) is 32.5 Å². The molecule has 0 radical (unpaired) electrons. The van der Waals surface area contributed by atoms with E-state index in [4.69, 9.17) is 4.74 Å². The summed E-state index contributed by atoms with van der Waals surface area (Å²) < 4.78 is 6.31. The predicted molar refractivity (Wildman–Crippen MR) is 89.5 cm³/mol. The molecule has 2 atom stereocenters. The Morgan fingerprint density at radius 1 is 1.00 bits per heavy atom. The van der Waals surface area contributed by atoms with Crippen LogP contribution < -0.4 is 4.74 Å². The van der Waals surface area contributed by atoms with Gasteiger partial charge in [-0.2, -0.15) is 0 Å². The van der Waals surface area contributed by atoms with Crippen LogP contribution in [0.4, 0.5) is 0 Å². The molecule has 23 heavy (non-hydrogen) atoms. The van der Waals surface area contributed by atoms with E-state index in [9.17, 15) is 0 Å². The summed E-state index contributed by atoms with van der Waals surface area (Å²) in [6, 6.07) is 10.2. The topological polar surface area (TPSA) is 69.8 Å². The molecule has 4 aliphatic rings. The summed E-state index contributed by atoms with van der Waals surface area (Å²) in [6.07, 6.45) is 3.02. The number of benzene rings is 1. The number of rotatable bonds is 3. The van der Waals surface area contributed by atoms with Crippen molar-refractivity contribution in [3.63, 3.8) is 0 Å². The van der Waals surface area contributed by atoms with E-state index in [2.05, 4.69) is 27.2 Å². The summed E-state index contributed by atoms with van der Waals surface area (Å²) in [7, 11) is 0. The molecule has 0 unspecified atom stereocenters. The second-order valence-electron chi connectivity index (χ2n) is 6.90. The fourth-order valence-electron chi connectivity index (χ4n) is 4.63. The lowest BCUT2D eigenvalue weighted by atomic mass is 9.66. The number of hydrogen-bond acceptors (Lipinski definition) is 5. The normalized spacial score (nSPS) is 34.2. The van der Waals surface area contributed by atoms with Crippen LogP contribution >= 0.6 is 11.3 Å². The third-order valence-corrected chi connectivity index (χ3v) is 6.23. The summed E-state index contributed by atoms with van der Waals surface area (Å²) in [6.45, 7) is 3.74. The van der Waals surface area contributed by atoms with Gasteiger partial charge >= 0.3 is 0 Å². The Balaban J connectivity index is 0.00000135. The average molecular weight is 331 g/mol. The van der Waals surface area contributed by atoms with Gasteiger partial charge in [-0.15, -0.1) is 5.10 Å². The van der Waals surface area contributed by atoms with E-state index in [0.29, 0.717) is 17.9 Å². The molecule has 0 spiro atoms. The zero-order chi connectivity index (χ0) is 14.5. The van der Waals surface area contributed by atoms with E-state index < -0.39 is 0 Å². The van der Waals surface area contributed by atoms with Crippen molar-refractivity contribution in [2.45, 2.75) is 18.9 Å². The fraction of sp³-hybridized carbons (Fsp3) is 0.529. The minimum Gasteiger partial charge on any atom is -0.465 e. The first-order valence-electron chi connectivity index (χ1n) is 8.13. The van der Waals surface area contributed by atoms with Crippen LogP contribution in [0.15, 0.2) is 30.3 Å². The monoisotopic (exact) mass is 331 g/mol. The molecule has 0 amide bonds. The van der Waals surface area contributed by atoms with Crippen molar-refractivity contribution >= 4 is 11.3 Å². The highest BCUT2D eigenvalue weighted by atomic mass is 32.1. The third kappa shape index (κ3) is 2.65. The second-order valence-corrected chi connectivity index (χ2v) is 7.84. The maximum atomic E-state index is 6.31. The van der Waals surface area contributed by atoms with E-state index >= 15 is 0 Å². The van der Waals surface area contributed by atoms with Gasteiger partial charge < -0.3 is 15.1 Å². The number of aromatic nitrogens is 2. The van der Waals surface area contributed by atoms with E-state index in [1.54, 1.807) is 11.3 Å². The molecule has 5 nitrogen and oxygen atoms in total. The van der Waals surface area contributed by atoms with Crippen molar-refractivity contribution < 1.29 is 10.2 Å². The van der Waals surface area contributed by atoms with Crippen molar-refractivity contribution in [3.05, 3.63) is 30.3 Å². The van der Waals surface area contributed by atoms with Crippen LogP contribution in [0.5, 0.6) is 5.19 Å². The highest BCUT2D eigenvalue weighted by molar-refractivity contribution is 7.16. The SMILES string of the molecule is O.c1ccc(-c2nnc(OC3[C@H]4CC5C[C@H]3CN(C5)C4)s2)cc1. The lowest BCUT2D eigenvalue weighted by Crippen LogP contribution is -2.61. The Bertz CT molecular complexity index is 647. The van der Waals surface area contributed by atoms with Gasteiger partial charge in [-0.05, 0) is 18.8 Å². The van der Waals surface area contributed by atoms with Crippen molar-refractivity contribution in [3.8, 4) is 15.8 Å². The fourth-order valence-corrected chi connectivity index (χ4v) is 5.37. The molecule has 4 bridgehead atoms. The van der Waals surface area contributed by atoms with Gasteiger partial charge in [0.15, 0.2) is 5.01 Å². The highest BCUT2D eigenvalue weighted by Gasteiger charge is 2.49. The summed E-state index contributed by atoms with van der Waals surface area (Å²) in [5.41, 5.74) is 1.12. The van der Waals surface area contributed by atoms with Gasteiger partial charge in [0.1, 0.15) is 6.10 Å². The summed E-state index contributed by atoms with van der Waals surface area (Å²) >= 11 is 1.57. The molecule has 4 fully saturated rings. The summed E-state index contributed by atoms with van der Waals surface area (Å²) in [5, 5.41) is 10.3. The van der Waals surface area contributed by atoms with Crippen LogP contribution in [0.1, 0.15) is 12.8 Å². The van der Waals surface area contributed by atoms with E-state index in [1.807, 2.05) is 18.2 Å². The Morgan fingerprint density at radius 3 is 2.43 bits per heavy atom. The van der Waals surface area contributed by atoms with Gasteiger partial charge in [0.05, 0.1) is 0 Å². The van der Waals surface area contributed by atoms with Crippen LogP contribution in [0.3, 0.4) is 0 Å². The molecule has 1 aliphatic carbocycles. The molecule has 1 saturated carbocycles. The second kappa shape index (κ2) is 5.85. The molecule has 1 aromatic carbocycles. The lowest BCUT2D eigenvalue weighted by Gasteiger charge is -2.54. The average Bonchev–Trinajstić information content (AvgIpc) is 3.00. The van der Waals surface area contributed by atoms with Gasteiger partial charge in [-0.3, -0.25) is 0 Å². The van der Waals surface area contributed by atoms with Crippen molar-refractivity contribution in [2.24, 2.45) is 17.8 Å². The van der Waals surface area contributed by atoms with Crippen LogP contribution in [0, 0.1) is 17.8 Å².